The molecule has 29 heavy (non-hydrogen) atoms. The zero-order valence-electron chi connectivity index (χ0n) is 15.7. The maximum absolute atomic E-state index is 12.8. The SMILES string of the molecule is CC(C)[C@@H](NS(=O)(=O)c1ccc2oc3cc(-c4ccsc4)ccc3c2c1)C(=O)O. The maximum Gasteiger partial charge on any atom is 0.322 e. The van der Waals surface area contributed by atoms with Gasteiger partial charge in [0, 0.05) is 10.8 Å². The van der Waals surface area contributed by atoms with E-state index < -0.39 is 28.0 Å². The Kier molecular flexibility index (Phi) is 4.94. The summed E-state index contributed by atoms with van der Waals surface area (Å²) in [6.45, 7) is 3.30. The van der Waals surface area contributed by atoms with Crippen LogP contribution in [-0.2, 0) is 14.8 Å². The van der Waals surface area contributed by atoms with Gasteiger partial charge in [-0.05, 0) is 64.2 Å². The van der Waals surface area contributed by atoms with Crippen LogP contribution in [0.25, 0.3) is 33.1 Å². The highest BCUT2D eigenvalue weighted by molar-refractivity contribution is 7.89. The zero-order chi connectivity index (χ0) is 20.8. The third-order valence-corrected chi connectivity index (χ3v) is 6.94. The third-order valence-electron chi connectivity index (χ3n) is 4.82. The molecule has 0 fully saturated rings. The number of furan rings is 1. The molecular weight excluding hydrogens is 410 g/mol. The summed E-state index contributed by atoms with van der Waals surface area (Å²) in [4.78, 5) is 11.4. The molecule has 2 heterocycles. The van der Waals surface area contributed by atoms with Crippen LogP contribution >= 0.6 is 11.3 Å². The van der Waals surface area contributed by atoms with Gasteiger partial charge in [0.2, 0.25) is 10.0 Å². The van der Waals surface area contributed by atoms with Gasteiger partial charge >= 0.3 is 5.97 Å². The third kappa shape index (κ3) is 3.66. The summed E-state index contributed by atoms with van der Waals surface area (Å²) in [7, 11) is -4.00. The second-order valence-corrected chi connectivity index (χ2v) is 9.66. The average molecular weight is 430 g/mol. The van der Waals surface area contributed by atoms with Crippen molar-refractivity contribution in [3.05, 3.63) is 53.2 Å². The van der Waals surface area contributed by atoms with Crippen LogP contribution in [0.3, 0.4) is 0 Å². The summed E-state index contributed by atoms with van der Waals surface area (Å²) in [6, 6.07) is 11.2. The van der Waals surface area contributed by atoms with Crippen molar-refractivity contribution < 1.29 is 22.7 Å². The molecular formula is C21H19NO5S2. The van der Waals surface area contributed by atoms with Crippen LogP contribution in [-0.4, -0.2) is 25.5 Å². The van der Waals surface area contributed by atoms with Crippen molar-refractivity contribution in [2.24, 2.45) is 5.92 Å². The van der Waals surface area contributed by atoms with E-state index in [9.17, 15) is 18.3 Å². The number of hydrogen-bond donors (Lipinski definition) is 2. The van der Waals surface area contributed by atoms with Crippen molar-refractivity contribution in [1.29, 1.82) is 0 Å². The monoisotopic (exact) mass is 429 g/mol. The van der Waals surface area contributed by atoms with Gasteiger partial charge in [-0.1, -0.05) is 19.9 Å². The Morgan fingerprint density at radius 2 is 1.83 bits per heavy atom. The van der Waals surface area contributed by atoms with E-state index in [4.69, 9.17) is 4.42 Å². The molecule has 0 spiro atoms. The Labute approximate surface area is 171 Å². The lowest BCUT2D eigenvalue weighted by atomic mass is 10.1. The lowest BCUT2D eigenvalue weighted by Crippen LogP contribution is -2.44. The first-order valence-corrected chi connectivity index (χ1v) is 11.4. The van der Waals surface area contributed by atoms with Crippen LogP contribution in [0.4, 0.5) is 0 Å². The van der Waals surface area contributed by atoms with Gasteiger partial charge in [0.05, 0.1) is 4.90 Å². The van der Waals surface area contributed by atoms with Crippen LogP contribution < -0.4 is 4.72 Å². The predicted octanol–water partition coefficient (Wildman–Crippen LogP) is 4.70. The molecule has 2 N–H and O–H groups in total. The summed E-state index contributed by atoms with van der Waals surface area (Å²) < 4.78 is 33.7. The first kappa shape index (κ1) is 19.6. The minimum Gasteiger partial charge on any atom is -0.480 e. The predicted molar refractivity (Wildman–Crippen MR) is 114 cm³/mol. The highest BCUT2D eigenvalue weighted by atomic mass is 32.2. The van der Waals surface area contributed by atoms with Crippen molar-refractivity contribution in [2.45, 2.75) is 24.8 Å². The molecule has 8 heteroatoms. The van der Waals surface area contributed by atoms with E-state index in [1.54, 1.807) is 31.3 Å². The second kappa shape index (κ2) is 7.29. The molecule has 6 nitrogen and oxygen atoms in total. The quantitative estimate of drug-likeness (QED) is 0.463. The molecule has 0 aliphatic rings. The van der Waals surface area contributed by atoms with E-state index >= 15 is 0 Å². The molecule has 2 aromatic carbocycles. The number of fused-ring (bicyclic) bond motifs is 3. The number of rotatable bonds is 6. The Morgan fingerprint density at radius 1 is 1.03 bits per heavy atom. The summed E-state index contributed by atoms with van der Waals surface area (Å²) in [6.07, 6.45) is 0. The fourth-order valence-corrected chi connectivity index (χ4v) is 5.27. The Hall–Kier alpha value is -2.68. The summed E-state index contributed by atoms with van der Waals surface area (Å²) in [5.74, 6) is -1.60. The molecule has 4 rings (SSSR count). The highest BCUT2D eigenvalue weighted by Gasteiger charge is 2.28. The van der Waals surface area contributed by atoms with Gasteiger partial charge in [0.25, 0.3) is 0 Å². The van der Waals surface area contributed by atoms with Crippen LogP contribution in [0.15, 0.2) is 62.5 Å². The number of carboxylic acids is 1. The summed E-state index contributed by atoms with van der Waals surface area (Å²) >= 11 is 1.61. The Balaban J connectivity index is 1.77. The number of nitrogens with one attached hydrogen (secondary N) is 1. The number of aliphatic carboxylic acids is 1. The standard InChI is InChI=1S/C21H19NO5S2/c1-12(2)20(21(23)24)22-29(25,26)15-4-6-18-17(10-15)16-5-3-13(9-19(16)27-18)14-7-8-28-11-14/h3-12,20,22H,1-2H3,(H,23,24)/t20-/m1/s1. The van der Waals surface area contributed by atoms with Crippen LogP contribution in [0.1, 0.15) is 13.8 Å². The van der Waals surface area contributed by atoms with Crippen LogP contribution in [0, 0.1) is 5.92 Å². The fraction of sp³-hybridized carbons (Fsp3) is 0.190. The largest absolute Gasteiger partial charge is 0.480 e. The Morgan fingerprint density at radius 3 is 2.48 bits per heavy atom. The van der Waals surface area contributed by atoms with Gasteiger partial charge < -0.3 is 9.52 Å². The van der Waals surface area contributed by atoms with Gasteiger partial charge in [0.1, 0.15) is 17.2 Å². The minimum absolute atomic E-state index is 0.00140. The van der Waals surface area contributed by atoms with E-state index in [-0.39, 0.29) is 4.90 Å². The van der Waals surface area contributed by atoms with E-state index in [0.717, 1.165) is 16.5 Å². The van der Waals surface area contributed by atoms with Gasteiger partial charge in [0.15, 0.2) is 0 Å². The number of sulfonamides is 1. The minimum atomic E-state index is -4.00. The Bertz CT molecular complexity index is 1300. The molecule has 0 saturated heterocycles. The van der Waals surface area contributed by atoms with Gasteiger partial charge in [-0.2, -0.15) is 16.1 Å². The molecule has 0 aliphatic heterocycles. The second-order valence-electron chi connectivity index (χ2n) is 7.16. The molecule has 0 unspecified atom stereocenters. The van der Waals surface area contributed by atoms with Gasteiger partial charge in [-0.25, -0.2) is 8.42 Å². The van der Waals surface area contributed by atoms with Crippen molar-refractivity contribution in [2.75, 3.05) is 0 Å². The van der Waals surface area contributed by atoms with E-state index in [1.165, 1.54) is 12.1 Å². The summed E-state index contributed by atoms with van der Waals surface area (Å²) in [5, 5.41) is 14.8. The molecule has 0 saturated carbocycles. The molecule has 0 amide bonds. The van der Waals surface area contributed by atoms with Gasteiger partial charge in [-0.15, -0.1) is 0 Å². The topological polar surface area (TPSA) is 96.6 Å². The molecule has 0 radical (unpaired) electrons. The molecule has 1 atom stereocenters. The smallest absolute Gasteiger partial charge is 0.322 e. The maximum atomic E-state index is 12.8. The number of carbonyl (C=O) groups is 1. The first-order valence-electron chi connectivity index (χ1n) is 9.00. The van der Waals surface area contributed by atoms with E-state index in [2.05, 4.69) is 4.72 Å². The van der Waals surface area contributed by atoms with Crippen molar-refractivity contribution in [3.8, 4) is 11.1 Å². The van der Waals surface area contributed by atoms with Crippen LogP contribution in [0.2, 0.25) is 0 Å². The number of thiophene rings is 1. The normalized spacial score (nSPS) is 13.3. The van der Waals surface area contributed by atoms with Crippen molar-refractivity contribution >= 4 is 49.3 Å². The average Bonchev–Trinajstić information content (AvgIpc) is 3.32. The summed E-state index contributed by atoms with van der Waals surface area (Å²) in [5.41, 5.74) is 3.35. The zero-order valence-corrected chi connectivity index (χ0v) is 17.4. The van der Waals surface area contributed by atoms with Crippen LogP contribution in [0.5, 0.6) is 0 Å². The molecule has 150 valence electrons. The number of carboxylic acid groups (broad SMARTS) is 1. The first-order chi connectivity index (χ1) is 13.8. The molecule has 0 aliphatic carbocycles. The molecule has 0 bridgehead atoms. The van der Waals surface area contributed by atoms with E-state index in [1.807, 2.05) is 35.0 Å². The van der Waals surface area contributed by atoms with Crippen molar-refractivity contribution in [1.82, 2.24) is 4.72 Å². The number of hydrogen-bond acceptors (Lipinski definition) is 5. The number of benzene rings is 2. The lowest BCUT2D eigenvalue weighted by Gasteiger charge is -2.17. The highest BCUT2D eigenvalue weighted by Crippen LogP contribution is 2.34. The lowest BCUT2D eigenvalue weighted by molar-refractivity contribution is -0.140. The van der Waals surface area contributed by atoms with Gasteiger partial charge in [-0.3, -0.25) is 4.79 Å². The van der Waals surface area contributed by atoms with E-state index in [0.29, 0.717) is 16.6 Å². The fourth-order valence-electron chi connectivity index (χ4n) is 3.24. The van der Waals surface area contributed by atoms with Crippen molar-refractivity contribution in [3.63, 3.8) is 0 Å². The molecule has 2 aromatic heterocycles. The molecule has 4 aromatic rings.